The van der Waals surface area contributed by atoms with E-state index in [-0.39, 0.29) is 32.6 Å². The Morgan fingerprint density at radius 3 is 2.43 bits per heavy atom. The van der Waals surface area contributed by atoms with Crippen molar-refractivity contribution in [2.24, 2.45) is 0 Å². The predicted molar refractivity (Wildman–Crippen MR) is 165 cm³/mol. The molecular weight excluding hydrogens is 669 g/mol. The molecule has 42 heavy (non-hydrogen) atoms. The highest BCUT2D eigenvalue weighted by Crippen LogP contribution is 2.47. The second-order valence-electron chi connectivity index (χ2n) is 9.89. The van der Waals surface area contributed by atoms with Crippen LogP contribution < -0.4 is 0 Å². The third kappa shape index (κ3) is 5.83. The van der Waals surface area contributed by atoms with Crippen LogP contribution in [0.15, 0.2) is 47.1 Å². The van der Waals surface area contributed by atoms with Crippen molar-refractivity contribution in [2.45, 2.75) is 35.4 Å². The second-order valence-corrected chi connectivity index (χ2v) is 13.7. The maximum absolute atomic E-state index is 14.4. The van der Waals surface area contributed by atoms with Gasteiger partial charge in [0.25, 0.3) is 5.91 Å². The molecule has 13 heteroatoms. The molecule has 1 saturated carbocycles. The zero-order valence-corrected chi connectivity index (χ0v) is 26.3. The number of halogens is 6. The molecule has 2 aromatic carbocycles. The number of hydrogen-bond donors (Lipinski definition) is 0. The number of fused-ring (bicyclic) bond motifs is 1. The number of esters is 1. The van der Waals surface area contributed by atoms with Gasteiger partial charge in [0.05, 0.1) is 21.0 Å². The van der Waals surface area contributed by atoms with E-state index >= 15 is 0 Å². The molecule has 0 unspecified atom stereocenters. The Hall–Kier alpha value is -2.52. The van der Waals surface area contributed by atoms with Gasteiger partial charge in [0.1, 0.15) is 24.2 Å². The lowest BCUT2D eigenvalue weighted by atomic mass is 9.67. The zero-order chi connectivity index (χ0) is 30.4. The van der Waals surface area contributed by atoms with Gasteiger partial charge in [0.15, 0.2) is 5.76 Å². The molecule has 0 bridgehead atoms. The van der Waals surface area contributed by atoms with Gasteiger partial charge in [-0.05, 0) is 55.2 Å². The Morgan fingerprint density at radius 2 is 1.83 bits per heavy atom. The number of aromatic nitrogens is 2. The summed E-state index contributed by atoms with van der Waals surface area (Å²) in [6, 6.07) is 8.24. The third-order valence-electron chi connectivity index (χ3n) is 7.12. The van der Waals surface area contributed by atoms with Crippen LogP contribution in [0.4, 0.5) is 0 Å². The van der Waals surface area contributed by atoms with E-state index in [1.807, 2.05) is 6.92 Å². The zero-order valence-electron chi connectivity index (χ0n) is 21.7. The van der Waals surface area contributed by atoms with E-state index in [1.54, 1.807) is 30.5 Å². The summed E-state index contributed by atoms with van der Waals surface area (Å²) in [5.74, 6) is -1.06. The predicted octanol–water partition coefficient (Wildman–Crippen LogP) is 8.80. The number of hydrogen-bond acceptors (Lipinski definition) is 6. The monoisotopic (exact) mass is 686 g/mol. The second kappa shape index (κ2) is 11.9. The molecule has 1 aliphatic carbocycles. The lowest BCUT2D eigenvalue weighted by Gasteiger charge is -2.34. The van der Waals surface area contributed by atoms with Crippen LogP contribution in [-0.4, -0.2) is 38.3 Å². The van der Waals surface area contributed by atoms with E-state index in [9.17, 15) is 14.4 Å². The number of nitrogens with zero attached hydrogens (tertiary/aromatic N) is 2. The van der Waals surface area contributed by atoms with Crippen molar-refractivity contribution in [3.8, 4) is 11.3 Å². The maximum atomic E-state index is 14.4. The highest BCUT2D eigenvalue weighted by Gasteiger charge is 2.47. The fraction of sp³-hybridized carbons (Fsp3) is 0.241. The van der Waals surface area contributed by atoms with Gasteiger partial charge in [0, 0.05) is 28.2 Å². The van der Waals surface area contributed by atoms with Gasteiger partial charge in [-0.3, -0.25) is 9.36 Å². The van der Waals surface area contributed by atoms with Gasteiger partial charge < -0.3 is 14.1 Å². The van der Waals surface area contributed by atoms with Crippen molar-refractivity contribution >= 4 is 105 Å². The molecule has 2 heterocycles. The van der Waals surface area contributed by atoms with Gasteiger partial charge in [0.2, 0.25) is 3.79 Å². The van der Waals surface area contributed by atoms with Crippen molar-refractivity contribution in [1.29, 1.82) is 0 Å². The highest BCUT2D eigenvalue weighted by atomic mass is 35.6. The standard InChI is InChI=1S/C29H20Cl6N2O5/c1-15-12-37(20-5-2-4-16(22(15)20)6-7-21(39)41-14-29(33,34)35)27(40)24-25(23-18(31)10-17(30)11-19(23)32)36-42-26(24)28(13-38)8-3-9-28/h2,4-7,10-13H,3,8-9,14H2,1H3/b7-6+. The largest absolute Gasteiger partial charge is 0.458 e. The first-order valence-corrected chi connectivity index (χ1v) is 14.8. The highest BCUT2D eigenvalue weighted by molar-refractivity contribution is 6.67. The van der Waals surface area contributed by atoms with Crippen molar-refractivity contribution < 1.29 is 23.6 Å². The van der Waals surface area contributed by atoms with E-state index in [0.29, 0.717) is 34.3 Å². The van der Waals surface area contributed by atoms with Crippen LogP contribution in [0.1, 0.15) is 46.5 Å². The number of ether oxygens (including phenoxy) is 1. The summed E-state index contributed by atoms with van der Waals surface area (Å²) >= 11 is 36.1. The Morgan fingerprint density at radius 1 is 1.14 bits per heavy atom. The third-order valence-corrected chi connectivity index (χ3v) is 8.26. The fourth-order valence-corrected chi connectivity index (χ4v) is 6.19. The molecule has 0 saturated heterocycles. The first-order chi connectivity index (χ1) is 19.8. The quantitative estimate of drug-likeness (QED) is 0.0834. The summed E-state index contributed by atoms with van der Waals surface area (Å²) in [4.78, 5) is 38.9. The van der Waals surface area contributed by atoms with Crippen molar-refractivity contribution in [3.05, 3.63) is 80.1 Å². The van der Waals surface area contributed by atoms with E-state index in [1.165, 1.54) is 22.8 Å². The first-order valence-electron chi connectivity index (χ1n) is 12.5. The number of carbonyl (C=O) groups is 3. The molecule has 0 atom stereocenters. The average molecular weight is 689 g/mol. The summed E-state index contributed by atoms with van der Waals surface area (Å²) < 4.78 is 10.4. The topological polar surface area (TPSA) is 91.4 Å². The minimum absolute atomic E-state index is 0.0704. The number of aryl methyl sites for hydroxylation is 1. The van der Waals surface area contributed by atoms with Crippen LogP contribution in [0.3, 0.4) is 0 Å². The summed E-state index contributed by atoms with van der Waals surface area (Å²) in [5.41, 5.74) is 1.34. The van der Waals surface area contributed by atoms with Crippen LogP contribution in [-0.2, 0) is 19.7 Å². The molecule has 1 aliphatic rings. The minimum Gasteiger partial charge on any atom is -0.458 e. The Balaban J connectivity index is 1.63. The summed E-state index contributed by atoms with van der Waals surface area (Å²) in [5, 5.41) is 5.53. The molecule has 1 fully saturated rings. The summed E-state index contributed by atoms with van der Waals surface area (Å²) in [7, 11) is 0. The molecule has 4 aromatic rings. The Bertz CT molecular complexity index is 1740. The Kier molecular flexibility index (Phi) is 8.74. The van der Waals surface area contributed by atoms with E-state index in [0.717, 1.165) is 18.3 Å². The lowest BCUT2D eigenvalue weighted by Crippen LogP contribution is -2.37. The number of benzene rings is 2. The van der Waals surface area contributed by atoms with Gasteiger partial charge in [-0.1, -0.05) is 93.3 Å². The number of alkyl halides is 3. The molecule has 0 amide bonds. The van der Waals surface area contributed by atoms with Gasteiger partial charge in [-0.15, -0.1) is 0 Å². The van der Waals surface area contributed by atoms with Crippen LogP contribution >= 0.6 is 69.6 Å². The SMILES string of the molecule is Cc1cn(C(=O)c2c(-c3c(Cl)cc(Cl)cc3Cl)noc2C2(C=O)CCC2)c2cccc(/C=C/C(=O)OCC(Cl)(Cl)Cl)c12. The normalized spacial score (nSPS) is 14.7. The molecule has 0 N–H and O–H groups in total. The molecular formula is C29H20Cl6N2O5. The van der Waals surface area contributed by atoms with Crippen molar-refractivity contribution in [2.75, 3.05) is 6.61 Å². The van der Waals surface area contributed by atoms with Crippen LogP contribution in [0.5, 0.6) is 0 Å². The van der Waals surface area contributed by atoms with Gasteiger partial charge in [-0.25, -0.2) is 4.79 Å². The van der Waals surface area contributed by atoms with E-state index < -0.39 is 27.7 Å². The van der Waals surface area contributed by atoms with Crippen LogP contribution in [0, 0.1) is 6.92 Å². The molecule has 0 spiro atoms. The van der Waals surface area contributed by atoms with Gasteiger partial charge in [-0.2, -0.15) is 0 Å². The number of carbonyl (C=O) groups excluding carboxylic acids is 3. The molecule has 218 valence electrons. The maximum Gasteiger partial charge on any atom is 0.330 e. The molecule has 0 aliphatic heterocycles. The number of aldehydes is 1. The fourth-order valence-electron chi connectivity index (χ4n) is 5.03. The summed E-state index contributed by atoms with van der Waals surface area (Å²) in [6.07, 6.45) is 7.00. The van der Waals surface area contributed by atoms with Crippen molar-refractivity contribution in [3.63, 3.8) is 0 Å². The molecule has 2 aromatic heterocycles. The first kappa shape index (κ1) is 30.9. The molecule has 0 radical (unpaired) electrons. The van der Waals surface area contributed by atoms with E-state index in [4.69, 9.17) is 78.9 Å². The van der Waals surface area contributed by atoms with Crippen LogP contribution in [0.25, 0.3) is 28.2 Å². The van der Waals surface area contributed by atoms with Crippen molar-refractivity contribution in [1.82, 2.24) is 9.72 Å². The molecule has 7 nitrogen and oxygen atoms in total. The van der Waals surface area contributed by atoms with Crippen LogP contribution in [0.2, 0.25) is 15.1 Å². The van der Waals surface area contributed by atoms with E-state index in [2.05, 4.69) is 5.16 Å². The number of rotatable bonds is 7. The van der Waals surface area contributed by atoms with Gasteiger partial charge >= 0.3 is 5.97 Å². The summed E-state index contributed by atoms with van der Waals surface area (Å²) in [6.45, 7) is 1.41. The molecule has 5 rings (SSSR count). The average Bonchev–Trinajstić information content (AvgIpc) is 3.47. The Labute approximate surface area is 270 Å². The minimum atomic E-state index is -1.74. The smallest absolute Gasteiger partial charge is 0.330 e. The lowest BCUT2D eigenvalue weighted by molar-refractivity contribution is -0.137.